The van der Waals surface area contributed by atoms with Gasteiger partial charge in [-0.2, -0.15) is 0 Å². The molecule has 0 saturated heterocycles. The highest BCUT2D eigenvalue weighted by Crippen LogP contribution is 2.35. The molecule has 1 aromatic carbocycles. The lowest BCUT2D eigenvalue weighted by Crippen LogP contribution is -2.04. The molecule has 1 unspecified atom stereocenters. The van der Waals surface area contributed by atoms with Gasteiger partial charge in [0.25, 0.3) is 0 Å². The molecular weight excluding hydrogens is 200 g/mol. The molecule has 84 valence electrons. The Morgan fingerprint density at radius 3 is 2.69 bits per heavy atom. The van der Waals surface area contributed by atoms with E-state index < -0.39 is 0 Å². The van der Waals surface area contributed by atoms with Crippen LogP contribution in [0.15, 0.2) is 35.9 Å². The minimum absolute atomic E-state index is 0.105. The second-order valence-corrected chi connectivity index (χ2v) is 4.20. The first kappa shape index (κ1) is 10.9. The van der Waals surface area contributed by atoms with Crippen LogP contribution in [0.1, 0.15) is 31.7 Å². The van der Waals surface area contributed by atoms with E-state index in [1.807, 2.05) is 30.3 Å². The Morgan fingerprint density at radius 1 is 1.38 bits per heavy atom. The van der Waals surface area contributed by atoms with Gasteiger partial charge in [-0.05, 0) is 18.8 Å². The molecule has 0 aliphatic heterocycles. The predicted octanol–water partition coefficient (Wildman–Crippen LogP) is 3.34. The summed E-state index contributed by atoms with van der Waals surface area (Å²) in [7, 11) is 0. The number of carbonyl (C=O) groups is 1. The highest BCUT2D eigenvalue weighted by molar-refractivity contribution is 6.03. The van der Waals surface area contributed by atoms with E-state index in [2.05, 4.69) is 6.92 Å². The molecule has 1 fully saturated rings. The second-order valence-electron chi connectivity index (χ2n) is 4.20. The fourth-order valence-electron chi connectivity index (χ4n) is 2.30. The summed E-state index contributed by atoms with van der Waals surface area (Å²) in [6, 6.07) is 9.30. The Bertz CT molecular complexity index is 418. The summed E-state index contributed by atoms with van der Waals surface area (Å²) in [6.07, 6.45) is 2.37. The van der Waals surface area contributed by atoms with Gasteiger partial charge in [-0.1, -0.05) is 37.3 Å². The summed E-state index contributed by atoms with van der Waals surface area (Å²) in [5, 5.41) is 10.2. The van der Waals surface area contributed by atoms with Crippen molar-refractivity contribution in [3.05, 3.63) is 41.5 Å². The van der Waals surface area contributed by atoms with Crippen molar-refractivity contribution in [1.82, 2.24) is 0 Å². The topological polar surface area (TPSA) is 37.3 Å². The lowest BCUT2D eigenvalue weighted by atomic mass is 9.96. The number of carbonyl (C=O) groups excluding carboxylic acids is 1. The molecule has 0 heterocycles. The maximum absolute atomic E-state index is 11.7. The van der Waals surface area contributed by atoms with Crippen LogP contribution in [0.2, 0.25) is 0 Å². The van der Waals surface area contributed by atoms with Crippen molar-refractivity contribution < 1.29 is 9.90 Å². The molecule has 1 atom stereocenters. The number of benzene rings is 1. The number of hydrogen-bond acceptors (Lipinski definition) is 2. The Morgan fingerprint density at radius 2 is 2.06 bits per heavy atom. The molecule has 0 bridgehead atoms. The summed E-state index contributed by atoms with van der Waals surface area (Å²) in [4.78, 5) is 11.7. The Labute approximate surface area is 95.6 Å². The number of Topliss-reactive ketones (excluding diaryl/α,β-unsaturated/α-hetero) is 1. The van der Waals surface area contributed by atoms with E-state index in [1.54, 1.807) is 0 Å². The van der Waals surface area contributed by atoms with E-state index in [4.69, 9.17) is 0 Å². The Kier molecular flexibility index (Phi) is 3.09. The molecule has 0 aromatic heterocycles. The van der Waals surface area contributed by atoms with Gasteiger partial charge < -0.3 is 5.11 Å². The molecule has 1 N–H and O–H groups in total. The molecule has 0 spiro atoms. The van der Waals surface area contributed by atoms with Gasteiger partial charge in [0.15, 0.2) is 5.78 Å². The molecule has 1 aromatic rings. The second kappa shape index (κ2) is 4.52. The van der Waals surface area contributed by atoms with Gasteiger partial charge >= 0.3 is 0 Å². The minimum atomic E-state index is 0.105. The van der Waals surface area contributed by atoms with Crippen LogP contribution in [-0.4, -0.2) is 10.9 Å². The number of hydrogen-bond donors (Lipinski definition) is 1. The van der Waals surface area contributed by atoms with Crippen LogP contribution in [0.3, 0.4) is 0 Å². The van der Waals surface area contributed by atoms with Gasteiger partial charge in [-0.15, -0.1) is 0 Å². The number of aliphatic hydroxyl groups excluding tert-OH is 1. The van der Waals surface area contributed by atoms with E-state index in [0.29, 0.717) is 12.0 Å². The number of allylic oxidation sites excluding steroid dienone is 1. The van der Waals surface area contributed by atoms with Crippen LogP contribution >= 0.6 is 0 Å². The van der Waals surface area contributed by atoms with E-state index >= 15 is 0 Å². The normalized spacial score (nSPS) is 23.6. The van der Waals surface area contributed by atoms with Gasteiger partial charge in [-0.3, -0.25) is 4.79 Å². The van der Waals surface area contributed by atoms with E-state index in [9.17, 15) is 9.90 Å². The molecule has 0 radical (unpaired) electrons. The maximum Gasteiger partial charge on any atom is 0.162 e. The van der Waals surface area contributed by atoms with Crippen molar-refractivity contribution in [3.63, 3.8) is 0 Å². The molecule has 0 amide bonds. The first-order valence-corrected chi connectivity index (χ1v) is 5.75. The zero-order valence-electron chi connectivity index (χ0n) is 9.44. The average Bonchev–Trinajstić information content (AvgIpc) is 2.70. The third kappa shape index (κ3) is 1.87. The van der Waals surface area contributed by atoms with Crippen LogP contribution in [0.4, 0.5) is 0 Å². The fraction of sp³-hybridized carbons (Fsp3) is 0.357. The van der Waals surface area contributed by atoms with Crippen LogP contribution in [0.25, 0.3) is 5.76 Å². The van der Waals surface area contributed by atoms with Crippen molar-refractivity contribution in [1.29, 1.82) is 0 Å². The van der Waals surface area contributed by atoms with Gasteiger partial charge in [-0.25, -0.2) is 0 Å². The van der Waals surface area contributed by atoms with Crippen LogP contribution < -0.4 is 0 Å². The monoisotopic (exact) mass is 216 g/mol. The maximum atomic E-state index is 11.7. The van der Waals surface area contributed by atoms with E-state index in [-0.39, 0.29) is 17.5 Å². The minimum Gasteiger partial charge on any atom is -0.507 e. The summed E-state index contributed by atoms with van der Waals surface area (Å²) in [6.45, 7) is 2.06. The Balaban J connectivity index is 2.43. The zero-order valence-corrected chi connectivity index (χ0v) is 9.44. The summed E-state index contributed by atoms with van der Waals surface area (Å²) < 4.78 is 0. The molecule has 2 rings (SSSR count). The van der Waals surface area contributed by atoms with Crippen molar-refractivity contribution in [2.45, 2.75) is 26.2 Å². The first-order chi connectivity index (χ1) is 7.74. The highest BCUT2D eigenvalue weighted by Gasteiger charge is 2.30. The van der Waals surface area contributed by atoms with Crippen LogP contribution in [-0.2, 0) is 4.79 Å². The summed E-state index contributed by atoms with van der Waals surface area (Å²) >= 11 is 0. The van der Waals surface area contributed by atoms with Gasteiger partial charge in [0.05, 0.1) is 0 Å². The van der Waals surface area contributed by atoms with E-state index in [0.717, 1.165) is 18.4 Å². The predicted molar refractivity (Wildman–Crippen MR) is 64.0 cm³/mol. The molecular formula is C14H16O2. The first-order valence-electron chi connectivity index (χ1n) is 5.75. The van der Waals surface area contributed by atoms with Crippen LogP contribution in [0, 0.1) is 5.92 Å². The molecule has 1 aliphatic carbocycles. The average molecular weight is 216 g/mol. The quantitative estimate of drug-likeness (QED) is 0.608. The number of ketones is 1. The fourth-order valence-corrected chi connectivity index (χ4v) is 2.30. The molecule has 2 nitrogen and oxygen atoms in total. The van der Waals surface area contributed by atoms with Crippen LogP contribution in [0.5, 0.6) is 0 Å². The van der Waals surface area contributed by atoms with Crippen molar-refractivity contribution in [2.24, 2.45) is 5.92 Å². The van der Waals surface area contributed by atoms with Gasteiger partial charge in [0.2, 0.25) is 0 Å². The molecule has 2 heteroatoms. The number of rotatable bonds is 2. The van der Waals surface area contributed by atoms with Crippen molar-refractivity contribution in [3.8, 4) is 0 Å². The largest absolute Gasteiger partial charge is 0.507 e. The van der Waals surface area contributed by atoms with Gasteiger partial charge in [0, 0.05) is 17.6 Å². The van der Waals surface area contributed by atoms with Crippen molar-refractivity contribution in [2.75, 3.05) is 0 Å². The molecule has 1 aliphatic rings. The smallest absolute Gasteiger partial charge is 0.162 e. The van der Waals surface area contributed by atoms with E-state index in [1.165, 1.54) is 0 Å². The zero-order chi connectivity index (χ0) is 11.5. The van der Waals surface area contributed by atoms with Gasteiger partial charge in [0.1, 0.15) is 5.76 Å². The third-order valence-corrected chi connectivity index (χ3v) is 3.22. The summed E-state index contributed by atoms with van der Waals surface area (Å²) in [5.41, 5.74) is 1.37. The lowest BCUT2D eigenvalue weighted by Gasteiger charge is -2.10. The lowest BCUT2D eigenvalue weighted by molar-refractivity contribution is -0.114. The number of aliphatic hydroxyl groups is 1. The molecule has 16 heavy (non-hydrogen) atoms. The Hall–Kier alpha value is -1.57. The summed E-state index contributed by atoms with van der Waals surface area (Å²) in [5.74, 6) is 0.510. The van der Waals surface area contributed by atoms with Crippen molar-refractivity contribution >= 4 is 11.5 Å². The highest BCUT2D eigenvalue weighted by atomic mass is 16.3. The molecule has 1 saturated carbocycles. The SMILES string of the molecule is CCC1CCC(=O)/C1=C(\O)c1ccccc1. The standard InChI is InChI=1S/C14H16O2/c1-2-10-8-9-12(15)13(10)14(16)11-6-4-3-5-7-11/h3-7,10,16H,2,8-9H2,1H3/b14-13-. The third-order valence-electron chi connectivity index (χ3n) is 3.22.